The molecule has 0 bridgehead atoms. The van der Waals surface area contributed by atoms with E-state index in [0.29, 0.717) is 30.9 Å². The molecule has 0 fully saturated rings. The van der Waals surface area contributed by atoms with Crippen LogP contribution in [0.3, 0.4) is 0 Å². The van der Waals surface area contributed by atoms with E-state index in [1.807, 2.05) is 17.0 Å². The number of ether oxygens (including phenoxy) is 1. The number of carbonyl (C=O) groups is 1. The summed E-state index contributed by atoms with van der Waals surface area (Å²) in [5, 5.41) is 35.8. The average Bonchev–Trinajstić information content (AvgIpc) is 2.69. The van der Waals surface area contributed by atoms with Gasteiger partial charge in [-0.05, 0) is 36.4 Å². The first-order valence-electron chi connectivity index (χ1n) is 8.60. The van der Waals surface area contributed by atoms with Crippen molar-refractivity contribution in [3.8, 4) is 6.07 Å². The van der Waals surface area contributed by atoms with Crippen LogP contribution in [-0.4, -0.2) is 30.9 Å². The summed E-state index contributed by atoms with van der Waals surface area (Å²) in [7, 11) is 0. The van der Waals surface area contributed by atoms with Crippen molar-refractivity contribution in [1.29, 1.82) is 5.26 Å². The second kappa shape index (κ2) is 10.7. The van der Waals surface area contributed by atoms with Gasteiger partial charge in [0.2, 0.25) is 0 Å². The van der Waals surface area contributed by atoms with Crippen LogP contribution in [0, 0.1) is 16.5 Å². The molecule has 1 unspecified atom stereocenters. The monoisotopic (exact) mass is 383 g/mol. The normalized spacial score (nSPS) is 11.8. The van der Waals surface area contributed by atoms with Gasteiger partial charge in [0, 0.05) is 31.3 Å². The lowest BCUT2D eigenvalue weighted by Gasteiger charge is -2.23. The number of carbonyl (C=O) groups excluding carboxylic acids is 1. The second-order valence-corrected chi connectivity index (χ2v) is 5.80. The van der Waals surface area contributed by atoms with Gasteiger partial charge in [0.05, 0.1) is 30.4 Å². The number of quaternary nitrogens is 1. The maximum absolute atomic E-state index is 10.9. The molecule has 0 saturated heterocycles. The molecule has 0 aromatic heterocycles. The summed E-state index contributed by atoms with van der Waals surface area (Å²) in [6.07, 6.45) is 0.355. The Morgan fingerprint density at radius 2 is 1.71 bits per heavy atom. The van der Waals surface area contributed by atoms with Crippen LogP contribution in [0.1, 0.15) is 13.3 Å². The Kier molecular flexibility index (Phi) is 8.05. The third-order valence-corrected chi connectivity index (χ3v) is 3.77. The van der Waals surface area contributed by atoms with E-state index in [0.717, 1.165) is 5.69 Å². The van der Waals surface area contributed by atoms with Crippen LogP contribution in [-0.2, 0) is 9.53 Å². The van der Waals surface area contributed by atoms with Gasteiger partial charge in [-0.15, -0.1) is 0 Å². The highest BCUT2D eigenvalue weighted by molar-refractivity contribution is 5.66. The van der Waals surface area contributed by atoms with E-state index < -0.39 is 5.23 Å². The Morgan fingerprint density at radius 1 is 1.14 bits per heavy atom. The molecule has 146 valence electrons. The Labute approximate surface area is 162 Å². The standard InChI is InChI=1S/C19H21N5O4/c1-15(25)28-14-13-23(12-2-11-20)18-7-3-16(4-8-18)21-22-17-5-9-19(10-6-17)24(26)27/h3-10,24,26H,2,12-14H2,1H3. The van der Waals surface area contributed by atoms with E-state index in [1.165, 1.54) is 19.1 Å². The molecule has 0 saturated carbocycles. The highest BCUT2D eigenvalue weighted by Gasteiger charge is 2.07. The maximum Gasteiger partial charge on any atom is 0.302 e. The molecule has 0 radical (unpaired) electrons. The minimum absolute atomic E-state index is 0.189. The topological polar surface area (TPSA) is 126 Å². The molecule has 0 amide bonds. The Balaban J connectivity index is 2.02. The quantitative estimate of drug-likeness (QED) is 0.389. The molecule has 9 nitrogen and oxygen atoms in total. The number of hydrogen-bond acceptors (Lipinski definition) is 8. The van der Waals surface area contributed by atoms with Crippen LogP contribution in [0.2, 0.25) is 0 Å². The van der Waals surface area contributed by atoms with Gasteiger partial charge in [0.1, 0.15) is 6.61 Å². The first-order valence-corrected chi connectivity index (χ1v) is 8.60. The van der Waals surface area contributed by atoms with Crippen molar-refractivity contribution < 1.29 is 20.0 Å². The average molecular weight is 383 g/mol. The van der Waals surface area contributed by atoms with Gasteiger partial charge >= 0.3 is 5.97 Å². The van der Waals surface area contributed by atoms with Crippen molar-refractivity contribution in [3.05, 3.63) is 53.7 Å². The Bertz CT molecular complexity index is 829. The van der Waals surface area contributed by atoms with E-state index in [2.05, 4.69) is 16.3 Å². The smallest absolute Gasteiger partial charge is 0.302 e. The summed E-state index contributed by atoms with van der Waals surface area (Å²) >= 11 is 0. The molecule has 0 aliphatic carbocycles. The lowest BCUT2D eigenvalue weighted by Crippen LogP contribution is -2.99. The Hall–Kier alpha value is -3.32. The molecule has 0 aliphatic heterocycles. The zero-order valence-corrected chi connectivity index (χ0v) is 15.4. The number of azo groups is 1. The molecular formula is C19H21N5O4. The highest BCUT2D eigenvalue weighted by Crippen LogP contribution is 2.23. The summed E-state index contributed by atoms with van der Waals surface area (Å²) in [5.41, 5.74) is 2.25. The minimum atomic E-state index is -0.992. The van der Waals surface area contributed by atoms with Gasteiger partial charge in [0.25, 0.3) is 0 Å². The number of rotatable bonds is 9. The molecule has 0 heterocycles. The molecule has 1 atom stereocenters. The fourth-order valence-electron chi connectivity index (χ4n) is 2.37. The molecule has 2 rings (SSSR count). The van der Waals surface area contributed by atoms with E-state index >= 15 is 0 Å². The third-order valence-electron chi connectivity index (χ3n) is 3.77. The molecule has 0 aliphatic rings. The van der Waals surface area contributed by atoms with E-state index in [4.69, 9.17) is 15.2 Å². The zero-order valence-electron chi connectivity index (χ0n) is 15.4. The molecule has 2 N–H and O–H groups in total. The first-order chi connectivity index (χ1) is 13.5. The van der Waals surface area contributed by atoms with Crippen LogP contribution >= 0.6 is 0 Å². The summed E-state index contributed by atoms with van der Waals surface area (Å²) < 4.78 is 4.97. The van der Waals surface area contributed by atoms with Crippen molar-refractivity contribution in [2.75, 3.05) is 24.6 Å². The second-order valence-electron chi connectivity index (χ2n) is 5.80. The number of esters is 1. The van der Waals surface area contributed by atoms with Crippen LogP contribution in [0.25, 0.3) is 0 Å². The molecular weight excluding hydrogens is 362 g/mol. The summed E-state index contributed by atoms with van der Waals surface area (Å²) in [5.74, 6) is -0.340. The van der Waals surface area contributed by atoms with Gasteiger partial charge in [0.15, 0.2) is 5.69 Å². The number of benzene rings is 2. The largest absolute Gasteiger partial charge is 0.595 e. The van der Waals surface area contributed by atoms with Gasteiger partial charge in [-0.25, -0.2) is 5.21 Å². The third kappa shape index (κ3) is 6.77. The number of nitrogens with one attached hydrogen (secondary N) is 1. The lowest BCUT2D eigenvalue weighted by atomic mass is 10.2. The van der Waals surface area contributed by atoms with Crippen molar-refractivity contribution in [3.63, 3.8) is 0 Å². The maximum atomic E-state index is 10.9. The van der Waals surface area contributed by atoms with Gasteiger partial charge in [-0.3, -0.25) is 4.79 Å². The van der Waals surface area contributed by atoms with Crippen LogP contribution < -0.4 is 10.1 Å². The summed E-state index contributed by atoms with van der Waals surface area (Å²) in [6.45, 7) is 2.61. The fourth-order valence-corrected chi connectivity index (χ4v) is 2.37. The van der Waals surface area contributed by atoms with Gasteiger partial charge < -0.3 is 14.8 Å². The number of hydrogen-bond donors (Lipinski definition) is 2. The molecule has 2 aromatic carbocycles. The zero-order chi connectivity index (χ0) is 20.4. The summed E-state index contributed by atoms with van der Waals surface area (Å²) in [4.78, 5) is 12.9. The van der Waals surface area contributed by atoms with Crippen LogP contribution in [0.4, 0.5) is 22.7 Å². The van der Waals surface area contributed by atoms with Gasteiger partial charge in [-0.1, -0.05) is 0 Å². The number of nitriles is 1. The number of anilines is 1. The van der Waals surface area contributed by atoms with E-state index in [-0.39, 0.29) is 18.3 Å². The molecule has 0 spiro atoms. The van der Waals surface area contributed by atoms with Crippen molar-refractivity contribution >= 4 is 28.7 Å². The molecule has 2 aromatic rings. The van der Waals surface area contributed by atoms with Crippen molar-refractivity contribution in [2.24, 2.45) is 10.2 Å². The Morgan fingerprint density at radius 3 is 2.21 bits per heavy atom. The van der Waals surface area contributed by atoms with Crippen LogP contribution in [0.15, 0.2) is 58.8 Å². The summed E-state index contributed by atoms with van der Waals surface area (Å²) in [6, 6.07) is 15.5. The fraction of sp³-hybridized carbons (Fsp3) is 0.263. The van der Waals surface area contributed by atoms with Gasteiger partial charge in [-0.2, -0.15) is 20.7 Å². The highest BCUT2D eigenvalue weighted by atomic mass is 16.8. The SMILES string of the molecule is CC(=O)OCCN(CCC#N)c1ccc(N=Nc2ccc([NH+]([O-])O)cc2)cc1. The predicted molar refractivity (Wildman–Crippen MR) is 102 cm³/mol. The molecule has 28 heavy (non-hydrogen) atoms. The minimum Gasteiger partial charge on any atom is -0.595 e. The molecule has 9 heteroatoms. The first kappa shape index (κ1) is 21.0. The van der Waals surface area contributed by atoms with Crippen molar-refractivity contribution in [1.82, 2.24) is 0 Å². The van der Waals surface area contributed by atoms with E-state index in [9.17, 15) is 10.0 Å². The van der Waals surface area contributed by atoms with Crippen molar-refractivity contribution in [2.45, 2.75) is 13.3 Å². The van der Waals surface area contributed by atoms with E-state index in [1.54, 1.807) is 24.3 Å². The van der Waals surface area contributed by atoms with Crippen LogP contribution in [0.5, 0.6) is 0 Å². The number of nitrogens with zero attached hydrogens (tertiary/aromatic N) is 4. The predicted octanol–water partition coefficient (Wildman–Crippen LogP) is 2.79. The lowest BCUT2D eigenvalue weighted by molar-refractivity contribution is -0.991.